The van der Waals surface area contributed by atoms with E-state index in [4.69, 9.17) is 27.1 Å². The van der Waals surface area contributed by atoms with Crippen molar-refractivity contribution in [2.24, 2.45) is 10.7 Å². The third-order valence-electron chi connectivity index (χ3n) is 8.04. The molecule has 0 spiro atoms. The third-order valence-corrected chi connectivity index (χ3v) is 8.52. The van der Waals surface area contributed by atoms with Gasteiger partial charge >= 0.3 is 0 Å². The van der Waals surface area contributed by atoms with Crippen LogP contribution in [-0.2, 0) is 4.79 Å². The molecular weight excluding hydrogens is 635 g/mol. The Bertz CT molecular complexity index is 1470. The monoisotopic (exact) mass is 696 g/mol. The van der Waals surface area contributed by atoms with Crippen LogP contribution in [0, 0.1) is 20.8 Å². The average Bonchev–Trinajstić information content (AvgIpc) is 3.11. The molecule has 2 unspecified atom stereocenters. The maximum Gasteiger partial charge on any atom is 0.204 e. The van der Waals surface area contributed by atoms with Crippen LogP contribution >= 0.6 is 11.6 Å². The molecule has 0 saturated carbocycles. The van der Waals surface area contributed by atoms with Crippen LogP contribution in [0.15, 0.2) is 41.5 Å². The van der Waals surface area contributed by atoms with E-state index in [1.807, 2.05) is 60.7 Å². The van der Waals surface area contributed by atoms with Gasteiger partial charge in [0.05, 0.1) is 23.1 Å². The van der Waals surface area contributed by atoms with Gasteiger partial charge < -0.3 is 16.8 Å². The predicted molar refractivity (Wildman–Crippen MR) is 212 cm³/mol. The molecule has 1 aromatic carbocycles. The average molecular weight is 697 g/mol. The largest absolute Gasteiger partial charge is 0.398 e. The van der Waals surface area contributed by atoms with E-state index in [-0.39, 0.29) is 19.0 Å². The van der Waals surface area contributed by atoms with Gasteiger partial charge in [-0.15, -0.1) is 0 Å². The van der Waals surface area contributed by atoms with E-state index in [9.17, 15) is 4.39 Å². The predicted octanol–water partition coefficient (Wildman–Crippen LogP) is 10.3. The SMILES string of the molecule is C/C=C(/NCC(CCCF)c1cc(C(C)CC)c(C)c(-c2ccnc(C)c2Cl)n1)c1cc(C)c(N)c(C=NCCC)c1.CC.CC.NC=O. The first-order valence-electron chi connectivity index (χ1n) is 17.7. The highest BCUT2D eigenvalue weighted by Gasteiger charge is 2.22. The summed E-state index contributed by atoms with van der Waals surface area (Å²) >= 11 is 6.76. The Morgan fingerprint density at radius 3 is 2.35 bits per heavy atom. The maximum absolute atomic E-state index is 13.5. The summed E-state index contributed by atoms with van der Waals surface area (Å²) in [4.78, 5) is 22.7. The Kier molecular flexibility index (Phi) is 23.3. The van der Waals surface area contributed by atoms with Crippen LogP contribution in [0.4, 0.5) is 10.1 Å². The molecule has 0 aliphatic rings. The normalized spacial score (nSPS) is 12.1. The van der Waals surface area contributed by atoms with E-state index in [1.165, 1.54) is 5.56 Å². The van der Waals surface area contributed by atoms with E-state index in [0.29, 0.717) is 30.3 Å². The van der Waals surface area contributed by atoms with E-state index < -0.39 is 0 Å². The molecule has 3 rings (SSSR count). The number of nitrogen functional groups attached to an aromatic ring is 1. The van der Waals surface area contributed by atoms with Gasteiger partial charge in [0, 0.05) is 59.6 Å². The van der Waals surface area contributed by atoms with Gasteiger partial charge in [-0.2, -0.15) is 0 Å². The zero-order chi connectivity index (χ0) is 37.5. The maximum atomic E-state index is 13.5. The summed E-state index contributed by atoms with van der Waals surface area (Å²) in [5.74, 6) is 0.346. The summed E-state index contributed by atoms with van der Waals surface area (Å²) in [5, 5.41) is 4.29. The number of carbonyl (C=O) groups is 1. The minimum Gasteiger partial charge on any atom is -0.398 e. The first kappa shape index (κ1) is 45.2. The summed E-state index contributed by atoms with van der Waals surface area (Å²) in [6.45, 7) is 23.6. The number of pyridine rings is 2. The number of alkyl halides is 1. The summed E-state index contributed by atoms with van der Waals surface area (Å²) in [6, 6.07) is 8.34. The molecule has 9 heteroatoms. The van der Waals surface area contributed by atoms with Gasteiger partial charge in [-0.3, -0.25) is 24.1 Å². The molecule has 49 heavy (non-hydrogen) atoms. The molecule has 0 bridgehead atoms. The number of rotatable bonds is 14. The minimum absolute atomic E-state index is 0.0000292. The third kappa shape index (κ3) is 13.6. The van der Waals surface area contributed by atoms with Crippen LogP contribution in [0.1, 0.15) is 132 Å². The van der Waals surface area contributed by atoms with Crippen molar-refractivity contribution in [2.75, 3.05) is 25.5 Å². The molecule has 0 saturated heterocycles. The number of aromatic nitrogens is 2. The fourth-order valence-electron chi connectivity index (χ4n) is 5.25. The number of aryl methyl sites for hydroxylation is 2. The number of carbonyl (C=O) groups excluding carboxylic acids is 1. The second-order valence-corrected chi connectivity index (χ2v) is 11.6. The molecule has 0 fully saturated rings. The van der Waals surface area contributed by atoms with Crippen LogP contribution in [0.3, 0.4) is 0 Å². The highest BCUT2D eigenvalue weighted by atomic mass is 35.5. The molecule has 0 radical (unpaired) electrons. The summed E-state index contributed by atoms with van der Waals surface area (Å²) in [7, 11) is 0. The number of hydrogen-bond acceptors (Lipinski definition) is 6. The lowest BCUT2D eigenvalue weighted by Crippen LogP contribution is -2.22. The van der Waals surface area contributed by atoms with Crippen LogP contribution in [0.5, 0.6) is 0 Å². The fraction of sp³-hybridized carbons (Fsp3) is 0.500. The Hall–Kier alpha value is -3.78. The standard InChI is InChI=1S/C35H47ClFN5.2C2H6.CH3NO/c1-8-15-39-20-28-18-27(17-23(5)34(28)38)31(10-3)41-21-26(12-11-14-37)32-19-30(22(4)9-2)24(6)35(42-32)29-13-16-40-25(7)33(29)36;2*1-2;2-1-3/h10,13,16-20,22,26,41H,8-9,11-12,14-15,21,38H2,1-7H3;2*1-2H3;1H,(H2,2,3)/b31-10+,39-20?;;;. The molecule has 5 N–H and O–H groups in total. The van der Waals surface area contributed by atoms with Crippen molar-refractivity contribution in [3.05, 3.63) is 80.8 Å². The van der Waals surface area contributed by atoms with Crippen molar-refractivity contribution in [3.8, 4) is 11.3 Å². The van der Waals surface area contributed by atoms with E-state index >= 15 is 0 Å². The van der Waals surface area contributed by atoms with Crippen molar-refractivity contribution >= 4 is 35.6 Å². The first-order chi connectivity index (χ1) is 23.6. The van der Waals surface area contributed by atoms with Crippen molar-refractivity contribution in [1.29, 1.82) is 0 Å². The zero-order valence-corrected chi connectivity index (χ0v) is 32.6. The number of nitrogens with two attached hydrogens (primary N) is 2. The Morgan fingerprint density at radius 1 is 1.12 bits per heavy atom. The summed E-state index contributed by atoms with van der Waals surface area (Å²) < 4.78 is 13.5. The van der Waals surface area contributed by atoms with Crippen molar-refractivity contribution in [1.82, 2.24) is 15.3 Å². The number of halogens is 2. The Balaban J connectivity index is 0.00000306. The van der Waals surface area contributed by atoms with Crippen LogP contribution < -0.4 is 16.8 Å². The molecule has 2 atom stereocenters. The van der Waals surface area contributed by atoms with Gasteiger partial charge in [-0.05, 0) is 106 Å². The number of hydrogen-bond donors (Lipinski definition) is 3. The number of anilines is 1. The lowest BCUT2D eigenvalue weighted by atomic mass is 9.88. The van der Waals surface area contributed by atoms with Crippen LogP contribution in [-0.4, -0.2) is 42.4 Å². The number of nitrogens with one attached hydrogen (secondary N) is 1. The second-order valence-electron chi connectivity index (χ2n) is 11.3. The van der Waals surface area contributed by atoms with Crippen molar-refractivity contribution in [2.45, 2.75) is 114 Å². The molecule has 2 aromatic heterocycles. The molecule has 0 aliphatic heterocycles. The van der Waals surface area contributed by atoms with Crippen LogP contribution in [0.25, 0.3) is 17.0 Å². The fourth-order valence-corrected chi connectivity index (χ4v) is 5.45. The van der Waals surface area contributed by atoms with Crippen molar-refractivity contribution < 1.29 is 9.18 Å². The molecule has 3 aromatic rings. The quantitative estimate of drug-likeness (QED) is 0.0880. The number of allylic oxidation sites excluding steroid dienone is 1. The van der Waals surface area contributed by atoms with Crippen LogP contribution in [0.2, 0.25) is 5.02 Å². The highest BCUT2D eigenvalue weighted by molar-refractivity contribution is 6.33. The number of nitrogens with zero attached hydrogens (tertiary/aromatic N) is 3. The second kappa shape index (κ2) is 25.2. The molecular formula is C40H62ClFN6O. The summed E-state index contributed by atoms with van der Waals surface area (Å²) in [6.07, 6.45) is 9.10. The first-order valence-corrected chi connectivity index (χ1v) is 18.1. The zero-order valence-electron chi connectivity index (χ0n) is 31.9. The molecule has 2 heterocycles. The Morgan fingerprint density at radius 2 is 1.78 bits per heavy atom. The lowest BCUT2D eigenvalue weighted by Gasteiger charge is -2.24. The Labute approximate surface area is 301 Å². The van der Waals surface area contributed by atoms with E-state index in [2.05, 4.69) is 73.0 Å². The van der Waals surface area contributed by atoms with E-state index in [1.54, 1.807) is 6.20 Å². The highest BCUT2D eigenvalue weighted by Crippen LogP contribution is 2.37. The topological polar surface area (TPSA) is 119 Å². The smallest absolute Gasteiger partial charge is 0.204 e. The number of amides is 1. The van der Waals surface area contributed by atoms with Gasteiger partial charge in [0.1, 0.15) is 0 Å². The molecule has 1 amide bonds. The molecule has 0 aliphatic carbocycles. The van der Waals surface area contributed by atoms with Gasteiger partial charge in [0.2, 0.25) is 6.41 Å². The van der Waals surface area contributed by atoms with Crippen molar-refractivity contribution in [3.63, 3.8) is 0 Å². The molecule has 7 nitrogen and oxygen atoms in total. The number of primary amides is 1. The van der Waals surface area contributed by atoms with Gasteiger partial charge in [-0.25, -0.2) is 0 Å². The molecule has 272 valence electrons. The van der Waals surface area contributed by atoms with Gasteiger partial charge in [0.25, 0.3) is 0 Å². The number of benzene rings is 1. The summed E-state index contributed by atoms with van der Waals surface area (Å²) in [5.41, 5.74) is 21.1. The van der Waals surface area contributed by atoms with E-state index in [0.717, 1.165) is 75.7 Å². The lowest BCUT2D eigenvalue weighted by molar-refractivity contribution is -0.106. The van der Waals surface area contributed by atoms with Gasteiger partial charge in [-0.1, -0.05) is 66.1 Å². The van der Waals surface area contributed by atoms with Gasteiger partial charge in [0.15, 0.2) is 0 Å². The number of aliphatic imine (C=N–C) groups is 1. The minimum atomic E-state index is -0.364.